The number of carbonyl (C=O) groups excluding carboxylic acids is 1. The summed E-state index contributed by atoms with van der Waals surface area (Å²) in [5.74, 6) is 0.782. The SMILES string of the molecule is COCCOc1ccc([C@H](C)NC(=O)c2ccc(=O)[nH]n2)cc1OC. The van der Waals surface area contributed by atoms with Gasteiger partial charge in [0.2, 0.25) is 0 Å². The summed E-state index contributed by atoms with van der Waals surface area (Å²) in [6, 6.07) is 7.76. The average molecular weight is 347 g/mol. The van der Waals surface area contributed by atoms with Gasteiger partial charge in [0.05, 0.1) is 19.8 Å². The molecule has 2 N–H and O–H groups in total. The van der Waals surface area contributed by atoms with E-state index in [1.807, 2.05) is 13.0 Å². The van der Waals surface area contributed by atoms with Crippen LogP contribution in [0.5, 0.6) is 11.5 Å². The molecule has 0 fully saturated rings. The number of amides is 1. The molecular weight excluding hydrogens is 326 g/mol. The minimum absolute atomic E-state index is 0.137. The normalized spacial score (nSPS) is 11.6. The number of benzene rings is 1. The third-order valence-corrected chi connectivity index (χ3v) is 3.49. The van der Waals surface area contributed by atoms with E-state index in [1.54, 1.807) is 26.4 Å². The van der Waals surface area contributed by atoms with Gasteiger partial charge in [-0.15, -0.1) is 0 Å². The molecular formula is C17H21N3O5. The first kappa shape index (κ1) is 18.5. The average Bonchev–Trinajstić information content (AvgIpc) is 2.62. The molecule has 1 atom stereocenters. The van der Waals surface area contributed by atoms with E-state index in [9.17, 15) is 9.59 Å². The van der Waals surface area contributed by atoms with Crippen molar-refractivity contribution in [1.82, 2.24) is 15.5 Å². The van der Waals surface area contributed by atoms with Gasteiger partial charge in [-0.05, 0) is 30.7 Å². The summed E-state index contributed by atoms with van der Waals surface area (Å²) in [5.41, 5.74) is 0.616. The molecule has 0 aliphatic rings. The van der Waals surface area contributed by atoms with Gasteiger partial charge in [-0.25, -0.2) is 5.10 Å². The topological polar surface area (TPSA) is 103 Å². The molecule has 2 aromatic rings. The van der Waals surface area contributed by atoms with Crippen molar-refractivity contribution in [1.29, 1.82) is 0 Å². The molecule has 0 saturated carbocycles. The predicted octanol–water partition coefficient (Wildman–Crippen LogP) is 1.29. The van der Waals surface area contributed by atoms with E-state index in [-0.39, 0.29) is 23.2 Å². The maximum Gasteiger partial charge on any atom is 0.272 e. The minimum atomic E-state index is -0.386. The van der Waals surface area contributed by atoms with Crippen molar-refractivity contribution >= 4 is 5.91 Å². The summed E-state index contributed by atoms with van der Waals surface area (Å²) in [5, 5.41) is 8.75. The summed E-state index contributed by atoms with van der Waals surface area (Å²) in [6.07, 6.45) is 0. The van der Waals surface area contributed by atoms with Gasteiger partial charge < -0.3 is 19.5 Å². The van der Waals surface area contributed by atoms with Crippen LogP contribution in [0, 0.1) is 0 Å². The Morgan fingerprint density at radius 3 is 2.64 bits per heavy atom. The van der Waals surface area contributed by atoms with Crippen LogP contribution < -0.4 is 20.3 Å². The van der Waals surface area contributed by atoms with Gasteiger partial charge in [0.1, 0.15) is 12.3 Å². The molecule has 1 amide bonds. The molecule has 0 unspecified atom stereocenters. The Bertz CT molecular complexity index is 755. The van der Waals surface area contributed by atoms with E-state index in [4.69, 9.17) is 14.2 Å². The molecule has 0 radical (unpaired) electrons. The van der Waals surface area contributed by atoms with Gasteiger partial charge in [0.25, 0.3) is 11.5 Å². The lowest BCUT2D eigenvalue weighted by atomic mass is 10.1. The molecule has 0 bridgehead atoms. The third-order valence-electron chi connectivity index (χ3n) is 3.49. The van der Waals surface area contributed by atoms with Gasteiger partial charge in [0.15, 0.2) is 11.5 Å². The van der Waals surface area contributed by atoms with Crippen LogP contribution in [0.3, 0.4) is 0 Å². The van der Waals surface area contributed by atoms with Crippen molar-refractivity contribution < 1.29 is 19.0 Å². The number of hydrogen-bond acceptors (Lipinski definition) is 6. The van der Waals surface area contributed by atoms with Crippen LogP contribution in [0.1, 0.15) is 29.0 Å². The maximum absolute atomic E-state index is 12.2. The number of methoxy groups -OCH3 is 2. The smallest absolute Gasteiger partial charge is 0.272 e. The zero-order chi connectivity index (χ0) is 18.2. The van der Waals surface area contributed by atoms with E-state index in [0.717, 1.165) is 5.56 Å². The molecule has 134 valence electrons. The quantitative estimate of drug-likeness (QED) is 0.698. The van der Waals surface area contributed by atoms with Crippen LogP contribution in [0.15, 0.2) is 35.1 Å². The number of H-pyrrole nitrogens is 1. The van der Waals surface area contributed by atoms with E-state index in [2.05, 4.69) is 15.5 Å². The van der Waals surface area contributed by atoms with Crippen molar-refractivity contribution in [3.05, 3.63) is 51.9 Å². The first-order valence-electron chi connectivity index (χ1n) is 7.71. The van der Waals surface area contributed by atoms with Gasteiger partial charge in [-0.3, -0.25) is 9.59 Å². The summed E-state index contributed by atoms with van der Waals surface area (Å²) in [6.45, 7) is 2.73. The highest BCUT2D eigenvalue weighted by Gasteiger charge is 2.15. The van der Waals surface area contributed by atoms with Crippen LogP contribution in [0.2, 0.25) is 0 Å². The number of aromatic amines is 1. The molecule has 1 aromatic carbocycles. The number of hydrogen-bond donors (Lipinski definition) is 2. The minimum Gasteiger partial charge on any atom is -0.493 e. The lowest BCUT2D eigenvalue weighted by Crippen LogP contribution is -2.28. The van der Waals surface area contributed by atoms with Crippen molar-refractivity contribution in [3.63, 3.8) is 0 Å². The Balaban J connectivity index is 2.07. The van der Waals surface area contributed by atoms with Crippen molar-refractivity contribution in [3.8, 4) is 11.5 Å². The lowest BCUT2D eigenvalue weighted by molar-refractivity contribution is 0.0933. The van der Waals surface area contributed by atoms with E-state index >= 15 is 0 Å². The number of nitrogens with one attached hydrogen (secondary N) is 2. The highest BCUT2D eigenvalue weighted by Crippen LogP contribution is 2.30. The fraction of sp³-hybridized carbons (Fsp3) is 0.353. The summed E-state index contributed by atoms with van der Waals surface area (Å²) in [7, 11) is 3.15. The standard InChI is InChI=1S/C17H21N3O5/c1-11(18-17(22)13-5-7-16(21)20-19-13)12-4-6-14(15(10-12)24-3)25-9-8-23-2/h4-7,10-11H,8-9H2,1-3H3,(H,18,22)(H,20,21)/t11-/m0/s1. The molecule has 0 spiro atoms. The second kappa shape index (κ2) is 8.84. The van der Waals surface area contributed by atoms with Gasteiger partial charge in [0, 0.05) is 13.2 Å². The molecule has 2 rings (SSSR count). The predicted molar refractivity (Wildman–Crippen MR) is 91.1 cm³/mol. The number of aromatic nitrogens is 2. The summed E-state index contributed by atoms with van der Waals surface area (Å²) in [4.78, 5) is 23.2. The molecule has 0 saturated heterocycles. The molecule has 8 heteroatoms. The fourth-order valence-electron chi connectivity index (χ4n) is 2.13. The van der Waals surface area contributed by atoms with Crippen molar-refractivity contribution in [2.45, 2.75) is 13.0 Å². The van der Waals surface area contributed by atoms with Crippen molar-refractivity contribution in [2.75, 3.05) is 27.4 Å². The van der Waals surface area contributed by atoms with Gasteiger partial charge in [-0.2, -0.15) is 5.10 Å². The van der Waals surface area contributed by atoms with E-state index in [0.29, 0.717) is 24.7 Å². The molecule has 25 heavy (non-hydrogen) atoms. The van der Waals surface area contributed by atoms with E-state index < -0.39 is 0 Å². The number of nitrogens with zero attached hydrogens (tertiary/aromatic N) is 1. The summed E-state index contributed by atoms with van der Waals surface area (Å²) >= 11 is 0. The highest BCUT2D eigenvalue weighted by atomic mass is 16.5. The Labute approximate surface area is 145 Å². The second-order valence-corrected chi connectivity index (χ2v) is 5.25. The third kappa shape index (κ3) is 5.05. The number of rotatable bonds is 8. The molecule has 8 nitrogen and oxygen atoms in total. The Kier molecular flexibility index (Phi) is 6.53. The molecule has 0 aliphatic heterocycles. The highest BCUT2D eigenvalue weighted by molar-refractivity contribution is 5.92. The van der Waals surface area contributed by atoms with Gasteiger partial charge in [-0.1, -0.05) is 6.07 Å². The van der Waals surface area contributed by atoms with E-state index in [1.165, 1.54) is 12.1 Å². The molecule has 1 aromatic heterocycles. The second-order valence-electron chi connectivity index (χ2n) is 5.25. The number of carbonyl (C=O) groups is 1. The first-order chi connectivity index (χ1) is 12.0. The van der Waals surface area contributed by atoms with Crippen LogP contribution >= 0.6 is 0 Å². The number of ether oxygens (including phenoxy) is 3. The zero-order valence-electron chi connectivity index (χ0n) is 14.4. The van der Waals surface area contributed by atoms with Crippen molar-refractivity contribution in [2.24, 2.45) is 0 Å². The molecule has 1 heterocycles. The molecule has 0 aliphatic carbocycles. The fourth-order valence-corrected chi connectivity index (χ4v) is 2.13. The van der Waals surface area contributed by atoms with Crippen LogP contribution in [0.25, 0.3) is 0 Å². The van der Waals surface area contributed by atoms with Gasteiger partial charge >= 0.3 is 0 Å². The van der Waals surface area contributed by atoms with Crippen LogP contribution in [0.4, 0.5) is 0 Å². The van der Waals surface area contributed by atoms with Crippen LogP contribution in [-0.4, -0.2) is 43.5 Å². The largest absolute Gasteiger partial charge is 0.493 e. The summed E-state index contributed by atoms with van der Waals surface area (Å²) < 4.78 is 15.9. The zero-order valence-corrected chi connectivity index (χ0v) is 14.4. The Morgan fingerprint density at radius 1 is 1.20 bits per heavy atom. The lowest BCUT2D eigenvalue weighted by Gasteiger charge is -2.17. The Hall–Kier alpha value is -2.87. The van der Waals surface area contributed by atoms with Crippen LogP contribution in [-0.2, 0) is 4.74 Å². The Morgan fingerprint density at radius 2 is 2.00 bits per heavy atom. The maximum atomic E-state index is 12.2. The first-order valence-corrected chi connectivity index (χ1v) is 7.71. The monoisotopic (exact) mass is 347 g/mol.